The zero-order chi connectivity index (χ0) is 14.4. The molecule has 0 aromatic heterocycles. The average molecular weight is 276 g/mol. The predicted molar refractivity (Wildman–Crippen MR) is 86.1 cm³/mol. The molecule has 1 nitrogen and oxygen atoms in total. The lowest BCUT2D eigenvalue weighted by Gasteiger charge is -2.14. The quantitative estimate of drug-likeness (QED) is 0.723. The molecule has 21 heavy (non-hydrogen) atoms. The Morgan fingerprint density at radius 3 is 2.24 bits per heavy atom. The first-order valence-corrected chi connectivity index (χ1v) is 7.76. The Labute approximate surface area is 126 Å². The molecule has 1 atom stereocenters. The Morgan fingerprint density at radius 1 is 1.10 bits per heavy atom. The topological polar surface area (TPSA) is 9.23 Å². The van der Waals surface area contributed by atoms with Crippen LogP contribution in [0.5, 0.6) is 0 Å². The first-order valence-electron chi connectivity index (χ1n) is 7.76. The molecular weight excluding hydrogens is 256 g/mol. The van der Waals surface area contributed by atoms with Gasteiger partial charge in [-0.25, -0.2) is 0 Å². The van der Waals surface area contributed by atoms with Crippen LogP contribution in [0, 0.1) is 5.92 Å². The fraction of sp³-hybridized carbons (Fsp3) is 0.300. The summed E-state index contributed by atoms with van der Waals surface area (Å²) in [5, 5.41) is 0. The number of fused-ring (bicyclic) bond motifs is 5. The Kier molecular flexibility index (Phi) is 2.72. The molecule has 2 aliphatic carbocycles. The second kappa shape index (κ2) is 4.49. The second-order valence-electron chi connectivity index (χ2n) is 6.14. The molecule has 2 aromatic rings. The zero-order valence-electron chi connectivity index (χ0n) is 12.6. The molecule has 0 heterocycles. The van der Waals surface area contributed by atoms with E-state index in [0.29, 0.717) is 5.92 Å². The summed E-state index contributed by atoms with van der Waals surface area (Å²) in [5.41, 5.74) is 7.40. The number of ether oxygens (including phenoxy) is 1. The van der Waals surface area contributed by atoms with Gasteiger partial charge in [-0.05, 0) is 54.0 Å². The van der Waals surface area contributed by atoms with Gasteiger partial charge in [-0.1, -0.05) is 48.5 Å². The largest absolute Gasteiger partial charge is 0.502 e. The molecule has 0 bridgehead atoms. The summed E-state index contributed by atoms with van der Waals surface area (Å²) in [6, 6.07) is 17.8. The fourth-order valence-electron chi connectivity index (χ4n) is 4.06. The van der Waals surface area contributed by atoms with Crippen LogP contribution in [-0.2, 0) is 10.2 Å². The lowest BCUT2D eigenvalue weighted by atomic mass is 9.89. The SMILES string of the molecule is CCO/C=C(\C)C1CC12c1ccccc1-c1ccccc12. The van der Waals surface area contributed by atoms with Crippen LogP contribution in [0.15, 0.2) is 60.4 Å². The Hall–Kier alpha value is -2.02. The lowest BCUT2D eigenvalue weighted by Crippen LogP contribution is -2.09. The van der Waals surface area contributed by atoms with Crippen molar-refractivity contribution in [2.45, 2.75) is 25.7 Å². The van der Waals surface area contributed by atoms with Crippen molar-refractivity contribution in [3.05, 3.63) is 71.5 Å². The van der Waals surface area contributed by atoms with E-state index in [1.54, 1.807) is 0 Å². The zero-order valence-corrected chi connectivity index (χ0v) is 12.6. The molecule has 0 saturated heterocycles. The van der Waals surface area contributed by atoms with Gasteiger partial charge in [0.2, 0.25) is 0 Å². The number of allylic oxidation sites excluding steroid dienone is 1. The van der Waals surface area contributed by atoms with Crippen molar-refractivity contribution in [2.75, 3.05) is 6.61 Å². The van der Waals surface area contributed by atoms with E-state index in [1.165, 1.54) is 34.2 Å². The summed E-state index contributed by atoms with van der Waals surface area (Å²) < 4.78 is 5.51. The van der Waals surface area contributed by atoms with Gasteiger partial charge in [0.25, 0.3) is 0 Å². The van der Waals surface area contributed by atoms with Crippen LogP contribution < -0.4 is 0 Å². The average Bonchev–Trinajstić information content (AvgIpc) is 3.22. The summed E-state index contributed by atoms with van der Waals surface area (Å²) in [6.45, 7) is 4.98. The van der Waals surface area contributed by atoms with Crippen molar-refractivity contribution in [1.29, 1.82) is 0 Å². The van der Waals surface area contributed by atoms with E-state index in [-0.39, 0.29) is 5.41 Å². The highest BCUT2D eigenvalue weighted by molar-refractivity contribution is 5.83. The highest BCUT2D eigenvalue weighted by atomic mass is 16.5. The van der Waals surface area contributed by atoms with Gasteiger partial charge in [-0.2, -0.15) is 0 Å². The van der Waals surface area contributed by atoms with Crippen LogP contribution in [0.4, 0.5) is 0 Å². The highest BCUT2D eigenvalue weighted by Gasteiger charge is 2.61. The van der Waals surface area contributed by atoms with Crippen molar-refractivity contribution in [3.63, 3.8) is 0 Å². The Bertz CT molecular complexity index is 681. The molecule has 1 fully saturated rings. The van der Waals surface area contributed by atoms with Crippen molar-refractivity contribution in [2.24, 2.45) is 5.92 Å². The van der Waals surface area contributed by atoms with Gasteiger partial charge in [-0.15, -0.1) is 0 Å². The second-order valence-corrected chi connectivity index (χ2v) is 6.14. The van der Waals surface area contributed by atoms with E-state index in [2.05, 4.69) is 55.5 Å². The van der Waals surface area contributed by atoms with Gasteiger partial charge in [-0.3, -0.25) is 0 Å². The number of benzene rings is 2. The standard InChI is InChI=1S/C20H20O/c1-3-21-13-14(2)19-12-20(19)17-10-6-4-8-15(17)16-9-5-7-11-18(16)20/h4-11,13,19H,3,12H2,1-2H3/b14-13+. The van der Waals surface area contributed by atoms with E-state index in [1.807, 2.05) is 13.2 Å². The van der Waals surface area contributed by atoms with Gasteiger partial charge in [0.1, 0.15) is 0 Å². The van der Waals surface area contributed by atoms with Crippen LogP contribution in [0.2, 0.25) is 0 Å². The molecule has 4 rings (SSSR count). The van der Waals surface area contributed by atoms with Gasteiger partial charge in [0, 0.05) is 5.41 Å². The molecule has 0 N–H and O–H groups in total. The monoisotopic (exact) mass is 276 g/mol. The molecule has 1 unspecified atom stereocenters. The summed E-state index contributed by atoms with van der Waals surface area (Å²) in [7, 11) is 0. The van der Waals surface area contributed by atoms with Crippen LogP contribution in [0.1, 0.15) is 31.4 Å². The summed E-state index contributed by atoms with van der Waals surface area (Å²) in [6.07, 6.45) is 3.17. The Balaban J connectivity index is 1.84. The molecule has 2 aliphatic rings. The molecule has 1 heteroatoms. The number of rotatable bonds is 3. The Morgan fingerprint density at radius 2 is 1.67 bits per heavy atom. The predicted octanol–water partition coefficient (Wildman–Crippen LogP) is 4.91. The number of hydrogen-bond acceptors (Lipinski definition) is 1. The normalized spacial score (nSPS) is 21.0. The van der Waals surface area contributed by atoms with Crippen LogP contribution in [-0.4, -0.2) is 6.61 Å². The van der Waals surface area contributed by atoms with Crippen molar-refractivity contribution >= 4 is 0 Å². The molecular formula is C20H20O. The van der Waals surface area contributed by atoms with E-state index in [9.17, 15) is 0 Å². The fourth-order valence-corrected chi connectivity index (χ4v) is 4.06. The van der Waals surface area contributed by atoms with Crippen LogP contribution in [0.3, 0.4) is 0 Å². The van der Waals surface area contributed by atoms with E-state index >= 15 is 0 Å². The minimum Gasteiger partial charge on any atom is -0.502 e. The minimum absolute atomic E-state index is 0.199. The summed E-state index contributed by atoms with van der Waals surface area (Å²) in [4.78, 5) is 0. The van der Waals surface area contributed by atoms with Crippen LogP contribution in [0.25, 0.3) is 11.1 Å². The first-order chi connectivity index (χ1) is 10.3. The molecule has 0 radical (unpaired) electrons. The molecule has 1 spiro atoms. The van der Waals surface area contributed by atoms with Gasteiger partial charge < -0.3 is 4.74 Å². The third-order valence-electron chi connectivity index (χ3n) is 5.05. The van der Waals surface area contributed by atoms with E-state index in [4.69, 9.17) is 4.74 Å². The smallest absolute Gasteiger partial charge is 0.0845 e. The van der Waals surface area contributed by atoms with Gasteiger partial charge >= 0.3 is 0 Å². The molecule has 106 valence electrons. The molecule has 0 aliphatic heterocycles. The van der Waals surface area contributed by atoms with Crippen molar-refractivity contribution in [3.8, 4) is 11.1 Å². The highest BCUT2D eigenvalue weighted by Crippen LogP contribution is 2.68. The molecule has 1 saturated carbocycles. The van der Waals surface area contributed by atoms with Gasteiger partial charge in [0.05, 0.1) is 12.9 Å². The van der Waals surface area contributed by atoms with Crippen LogP contribution >= 0.6 is 0 Å². The molecule has 0 amide bonds. The third-order valence-corrected chi connectivity index (χ3v) is 5.05. The maximum absolute atomic E-state index is 5.51. The lowest BCUT2D eigenvalue weighted by molar-refractivity contribution is 0.264. The van der Waals surface area contributed by atoms with E-state index < -0.39 is 0 Å². The first kappa shape index (κ1) is 12.7. The minimum atomic E-state index is 0.199. The van der Waals surface area contributed by atoms with Gasteiger partial charge in [0.15, 0.2) is 0 Å². The third kappa shape index (κ3) is 1.64. The summed E-state index contributed by atoms with van der Waals surface area (Å²) in [5.74, 6) is 0.578. The molecule has 2 aromatic carbocycles. The summed E-state index contributed by atoms with van der Waals surface area (Å²) >= 11 is 0. The van der Waals surface area contributed by atoms with Crippen molar-refractivity contribution in [1.82, 2.24) is 0 Å². The maximum Gasteiger partial charge on any atom is 0.0845 e. The van der Waals surface area contributed by atoms with E-state index in [0.717, 1.165) is 6.61 Å². The maximum atomic E-state index is 5.51. The van der Waals surface area contributed by atoms with Crippen molar-refractivity contribution < 1.29 is 4.74 Å². The number of hydrogen-bond donors (Lipinski definition) is 0.